The molecule has 0 fully saturated rings. The van der Waals surface area contributed by atoms with E-state index in [0.717, 1.165) is 12.5 Å². The van der Waals surface area contributed by atoms with Crippen molar-refractivity contribution in [2.24, 2.45) is 4.99 Å². The van der Waals surface area contributed by atoms with Crippen molar-refractivity contribution in [3.8, 4) is 0 Å². The Morgan fingerprint density at radius 3 is 2.53 bits per heavy atom. The van der Waals surface area contributed by atoms with Gasteiger partial charge in [-0.1, -0.05) is 56.0 Å². The number of nitrogens with zero attached hydrogens (tertiary/aromatic N) is 1. The van der Waals surface area contributed by atoms with Crippen LogP contribution in [0, 0.1) is 5.82 Å². The van der Waals surface area contributed by atoms with E-state index < -0.39 is 23.7 Å². The maximum Gasteiger partial charge on any atom is 0.416 e. The molecule has 0 saturated heterocycles. The van der Waals surface area contributed by atoms with Crippen LogP contribution in [0.15, 0.2) is 78.3 Å². The van der Waals surface area contributed by atoms with Gasteiger partial charge in [-0.15, -0.1) is 0 Å². The van der Waals surface area contributed by atoms with Gasteiger partial charge >= 0.3 is 6.18 Å². The van der Waals surface area contributed by atoms with E-state index in [1.54, 1.807) is 42.5 Å². The number of alkyl halides is 3. The first-order valence-corrected chi connectivity index (χ1v) is 10.9. The zero-order valence-electron chi connectivity index (χ0n) is 18.5. The van der Waals surface area contributed by atoms with Crippen molar-refractivity contribution in [1.82, 2.24) is 5.32 Å². The minimum atomic E-state index is -4.52. The van der Waals surface area contributed by atoms with Gasteiger partial charge in [0.05, 0.1) is 11.3 Å². The predicted molar refractivity (Wildman–Crippen MR) is 128 cm³/mol. The van der Waals surface area contributed by atoms with Crippen molar-refractivity contribution in [2.45, 2.75) is 25.7 Å². The monoisotopic (exact) mass is 468 g/mol. The Bertz CT molecular complexity index is 1230. The molecule has 176 valence electrons. The fourth-order valence-electron chi connectivity index (χ4n) is 3.85. The van der Waals surface area contributed by atoms with Crippen LogP contribution in [0.2, 0.25) is 0 Å². The number of amidine groups is 1. The Labute approximate surface area is 195 Å². The normalized spacial score (nSPS) is 15.1. The van der Waals surface area contributed by atoms with Gasteiger partial charge in [0.25, 0.3) is 0 Å². The molecule has 0 spiro atoms. The predicted octanol–water partition coefficient (Wildman–Crippen LogP) is 6.80. The lowest BCUT2D eigenvalue weighted by Gasteiger charge is -2.28. The Morgan fingerprint density at radius 2 is 1.76 bits per heavy atom. The lowest BCUT2D eigenvalue weighted by molar-refractivity contribution is -0.138. The second kappa shape index (κ2) is 9.59. The fraction of sp³-hybridized carbons (Fsp3) is 0.192. The van der Waals surface area contributed by atoms with E-state index in [1.165, 1.54) is 18.2 Å². The first kappa shape index (κ1) is 23.4. The van der Waals surface area contributed by atoms with Crippen LogP contribution >= 0.6 is 0 Å². The number of fused-ring (bicyclic) bond motifs is 1. The lowest BCUT2D eigenvalue weighted by Crippen LogP contribution is -2.30. The van der Waals surface area contributed by atoms with Crippen molar-refractivity contribution in [3.63, 3.8) is 0 Å². The zero-order chi connectivity index (χ0) is 24.3. The molecule has 1 heterocycles. The van der Waals surface area contributed by atoms with Crippen LogP contribution in [0.25, 0.3) is 5.70 Å². The number of anilines is 2. The summed E-state index contributed by atoms with van der Waals surface area (Å²) in [6.45, 7) is 6.60. The SMILES string of the molecule is C=C(NC1=NC(c2ccccc2C(F)(F)F)Nc2ccccc21)c1cccc(F)c1NCCC. The Morgan fingerprint density at radius 1 is 1.03 bits per heavy atom. The van der Waals surface area contributed by atoms with E-state index >= 15 is 0 Å². The minimum absolute atomic E-state index is 0.00507. The summed E-state index contributed by atoms with van der Waals surface area (Å²) in [6.07, 6.45) is -4.70. The summed E-state index contributed by atoms with van der Waals surface area (Å²) in [5.74, 6) is -0.0782. The number of hydrogen-bond acceptors (Lipinski definition) is 4. The number of halogens is 4. The molecule has 8 heteroatoms. The van der Waals surface area contributed by atoms with Crippen LogP contribution in [0.3, 0.4) is 0 Å². The lowest BCUT2D eigenvalue weighted by atomic mass is 10.0. The summed E-state index contributed by atoms with van der Waals surface area (Å²) in [4.78, 5) is 4.57. The van der Waals surface area contributed by atoms with Crippen molar-refractivity contribution < 1.29 is 17.6 Å². The highest BCUT2D eigenvalue weighted by molar-refractivity contribution is 6.08. The molecule has 0 amide bonds. The highest BCUT2D eigenvalue weighted by Gasteiger charge is 2.36. The van der Waals surface area contributed by atoms with Gasteiger partial charge in [0.2, 0.25) is 0 Å². The van der Waals surface area contributed by atoms with Crippen LogP contribution in [0.5, 0.6) is 0 Å². The molecule has 0 aliphatic carbocycles. The molecule has 3 aromatic rings. The number of nitrogens with one attached hydrogen (secondary N) is 3. The highest BCUT2D eigenvalue weighted by Crippen LogP contribution is 2.38. The van der Waals surface area contributed by atoms with Gasteiger partial charge < -0.3 is 16.0 Å². The zero-order valence-corrected chi connectivity index (χ0v) is 18.5. The first-order valence-electron chi connectivity index (χ1n) is 10.9. The number of para-hydroxylation sites is 2. The number of benzene rings is 3. The molecule has 0 bridgehead atoms. The standard InChI is InChI=1S/C26H24F4N4/c1-3-15-31-23-17(11-8-13-21(23)27)16(2)32-25-19-10-5-7-14-22(19)33-24(34-25)18-9-4-6-12-20(18)26(28,29)30/h4-14,24,31,33H,2-3,15H2,1H3,(H,32,34). The molecule has 1 aliphatic rings. The molecule has 34 heavy (non-hydrogen) atoms. The Balaban J connectivity index is 1.73. The van der Waals surface area contributed by atoms with Crippen molar-refractivity contribution in [3.05, 3.63) is 101 Å². The minimum Gasteiger partial charge on any atom is -0.382 e. The molecular weight excluding hydrogens is 444 g/mol. The smallest absolute Gasteiger partial charge is 0.382 e. The third kappa shape index (κ3) is 4.76. The van der Waals surface area contributed by atoms with Gasteiger partial charge in [0, 0.05) is 34.6 Å². The molecule has 1 unspecified atom stereocenters. The third-order valence-corrected chi connectivity index (χ3v) is 5.45. The van der Waals surface area contributed by atoms with E-state index in [2.05, 4.69) is 27.5 Å². The van der Waals surface area contributed by atoms with Gasteiger partial charge in [-0.05, 0) is 30.7 Å². The quantitative estimate of drug-likeness (QED) is 0.349. The van der Waals surface area contributed by atoms with Crippen molar-refractivity contribution in [2.75, 3.05) is 17.2 Å². The molecular formula is C26H24F4N4. The molecule has 4 rings (SSSR count). The van der Waals surface area contributed by atoms with E-state index in [4.69, 9.17) is 0 Å². The van der Waals surface area contributed by atoms with Gasteiger partial charge in [-0.25, -0.2) is 9.38 Å². The molecule has 3 aromatic carbocycles. The van der Waals surface area contributed by atoms with Gasteiger partial charge in [0.15, 0.2) is 0 Å². The van der Waals surface area contributed by atoms with Crippen molar-refractivity contribution >= 4 is 22.9 Å². The average molecular weight is 468 g/mol. The summed E-state index contributed by atoms with van der Waals surface area (Å²) in [5, 5.41) is 9.28. The molecule has 0 aromatic heterocycles. The first-order chi connectivity index (χ1) is 16.3. The highest BCUT2D eigenvalue weighted by atomic mass is 19.4. The summed E-state index contributed by atoms with van der Waals surface area (Å²) in [5.41, 5.74) is 1.73. The summed E-state index contributed by atoms with van der Waals surface area (Å²) in [6, 6.07) is 17.2. The second-order valence-electron chi connectivity index (χ2n) is 7.85. The van der Waals surface area contributed by atoms with Crippen molar-refractivity contribution in [1.29, 1.82) is 0 Å². The van der Waals surface area contributed by atoms with E-state index in [1.807, 2.05) is 6.92 Å². The van der Waals surface area contributed by atoms with Crippen LogP contribution in [-0.4, -0.2) is 12.4 Å². The van der Waals surface area contributed by atoms with Crippen LogP contribution in [0.4, 0.5) is 28.9 Å². The molecule has 1 atom stereocenters. The Kier molecular flexibility index (Phi) is 6.58. The van der Waals surface area contributed by atoms with E-state index in [-0.39, 0.29) is 5.56 Å². The van der Waals surface area contributed by atoms with Gasteiger partial charge in [0.1, 0.15) is 17.8 Å². The molecule has 0 saturated carbocycles. The van der Waals surface area contributed by atoms with E-state index in [0.29, 0.717) is 40.6 Å². The summed E-state index contributed by atoms with van der Waals surface area (Å²) >= 11 is 0. The fourth-order valence-corrected chi connectivity index (χ4v) is 3.85. The molecule has 1 aliphatic heterocycles. The summed E-state index contributed by atoms with van der Waals surface area (Å²) < 4.78 is 55.5. The molecule has 4 nitrogen and oxygen atoms in total. The molecule has 0 radical (unpaired) electrons. The molecule has 3 N–H and O–H groups in total. The number of aliphatic imine (C=N–C) groups is 1. The largest absolute Gasteiger partial charge is 0.416 e. The van der Waals surface area contributed by atoms with E-state index in [9.17, 15) is 17.6 Å². The average Bonchev–Trinajstić information content (AvgIpc) is 2.82. The van der Waals surface area contributed by atoms with Crippen LogP contribution in [0.1, 0.15) is 41.8 Å². The van der Waals surface area contributed by atoms with Crippen LogP contribution in [-0.2, 0) is 6.18 Å². The third-order valence-electron chi connectivity index (χ3n) is 5.45. The van der Waals surface area contributed by atoms with Gasteiger partial charge in [-0.3, -0.25) is 0 Å². The van der Waals surface area contributed by atoms with Gasteiger partial charge in [-0.2, -0.15) is 13.2 Å². The van der Waals surface area contributed by atoms with Crippen LogP contribution < -0.4 is 16.0 Å². The number of rotatable bonds is 6. The topological polar surface area (TPSA) is 48.5 Å². The summed E-state index contributed by atoms with van der Waals surface area (Å²) in [7, 11) is 0. The second-order valence-corrected chi connectivity index (χ2v) is 7.85. The maximum absolute atomic E-state index is 14.5. The maximum atomic E-state index is 14.5. The Hall–Kier alpha value is -3.81. The number of hydrogen-bond donors (Lipinski definition) is 3.